The average Bonchev–Trinajstić information content (AvgIpc) is 0.814. The minimum atomic E-state index is -0.923. The highest BCUT2D eigenvalue weighted by molar-refractivity contribution is 5.91. The van der Waals surface area contributed by atoms with Gasteiger partial charge >= 0.3 is 0 Å². The first kappa shape index (κ1) is 92.1. The van der Waals surface area contributed by atoms with Gasteiger partial charge in [0.05, 0.1) is 71.4 Å². The summed E-state index contributed by atoms with van der Waals surface area (Å²) in [6.07, 6.45) is 6.00. The Balaban J connectivity index is 0.000000132. The number of hydroxylamine groups is 3. The molecule has 5 aromatic heterocycles. The van der Waals surface area contributed by atoms with Crippen LogP contribution in [0.2, 0.25) is 0 Å². The van der Waals surface area contributed by atoms with E-state index in [1.165, 1.54) is 6.20 Å². The first-order chi connectivity index (χ1) is 64.7. The highest BCUT2D eigenvalue weighted by atomic mass is 16.6. The van der Waals surface area contributed by atoms with Crippen LogP contribution in [0.25, 0.3) is 54.5 Å². The third-order valence-electron chi connectivity index (χ3n) is 23.5. The number of rotatable bonds is 25. The molecule has 8 heterocycles. The lowest BCUT2D eigenvalue weighted by atomic mass is 9.90. The zero-order chi connectivity index (χ0) is 91.2. The van der Waals surface area contributed by atoms with Crippen LogP contribution in [0.1, 0.15) is 51.1 Å². The number of phenols is 1. The van der Waals surface area contributed by atoms with Crippen LogP contribution in [-0.2, 0) is 14.4 Å². The van der Waals surface area contributed by atoms with Crippen LogP contribution in [0, 0.1) is 10.4 Å². The molecule has 19 rings (SSSR count). The minimum Gasteiger partial charge on any atom is -0.633 e. The number of β-amino-alcohol motifs (C(OH)–C–C–N with tert-alkyl or cyclic N) is 1. The average molecular weight is 1770 g/mol. The zero-order valence-electron chi connectivity index (χ0n) is 73.3. The van der Waals surface area contributed by atoms with E-state index in [9.17, 15) is 45.2 Å². The van der Waals surface area contributed by atoms with Gasteiger partial charge in [0, 0.05) is 117 Å². The van der Waals surface area contributed by atoms with Crippen molar-refractivity contribution in [3.63, 3.8) is 0 Å². The fraction of sp³-hybridized carbons (Fsp3) is 0.222. The second-order valence-corrected chi connectivity index (χ2v) is 32.5. The van der Waals surface area contributed by atoms with Gasteiger partial charge in [-0.1, -0.05) is 212 Å². The van der Waals surface area contributed by atoms with E-state index in [1.807, 2.05) is 307 Å². The Morgan fingerprint density at radius 1 is 0.348 bits per heavy atom. The quantitative estimate of drug-likeness (QED) is 0.0202. The molecule has 16 aromatic rings. The molecule has 3 fully saturated rings. The van der Waals surface area contributed by atoms with Crippen molar-refractivity contribution in [2.45, 2.75) is 36.1 Å². The fourth-order valence-electron chi connectivity index (χ4n) is 16.7. The molecule has 2 atom stereocenters. The molecule has 3 amide bonds. The summed E-state index contributed by atoms with van der Waals surface area (Å²) in [7, 11) is 0. The van der Waals surface area contributed by atoms with Crippen molar-refractivity contribution in [3.05, 3.63) is 408 Å². The molecule has 3 aliphatic rings. The van der Waals surface area contributed by atoms with Crippen LogP contribution in [0.3, 0.4) is 0 Å². The molecule has 132 heavy (non-hydrogen) atoms. The number of nitrogens with zero attached hydrogens (tertiary/aromatic N) is 10. The minimum absolute atomic E-state index is 0.00269. The number of aliphatic hydroxyl groups is 3. The topological polar surface area (TPSA) is 296 Å². The summed E-state index contributed by atoms with van der Waals surface area (Å²) < 4.78 is 23.5. The fourth-order valence-corrected chi connectivity index (χ4v) is 16.7. The maximum atomic E-state index is 13.6. The van der Waals surface area contributed by atoms with Gasteiger partial charge in [0.1, 0.15) is 80.0 Å². The molecular formula is C108H107N11O13. The van der Waals surface area contributed by atoms with Gasteiger partial charge in [0.15, 0.2) is 6.20 Å². The van der Waals surface area contributed by atoms with Crippen LogP contribution >= 0.6 is 0 Å². The Hall–Kier alpha value is -14.6. The molecule has 3 aliphatic heterocycles. The normalized spacial score (nSPS) is 14.2. The number of pyridine rings is 5. The number of piperazine rings is 3. The highest BCUT2D eigenvalue weighted by Gasteiger charge is 2.36. The Morgan fingerprint density at radius 2 is 0.667 bits per heavy atom. The number of phenolic OH excluding ortho intramolecular Hbond substituents is 1. The SMILES string of the molecule is O=C(C(c1ccccc1)c1ccccc1)N1CCN(CC(O)COc2cccc3c2ccc[n+]3[O-])CC1.O=C(C(c1ccccc1)c1ccccc1)N1CCNCC1.O=C(C(c1ccccc1)c1ccccc1)N1CC[N+]([O-])(CC(O)COc2cccc3ncccc23)CC1.OC(COc1cccc2ncccc12)COc1cccc2ncccc12.Oc1cccc2ncccc12. The molecule has 11 aromatic carbocycles. The second kappa shape index (κ2) is 46.1. The number of quaternary nitrogens is 1. The number of ether oxygens (including phenoxy) is 4. The van der Waals surface area contributed by atoms with Gasteiger partial charge in [-0.25, -0.2) is 0 Å². The van der Waals surface area contributed by atoms with Gasteiger partial charge in [-0.3, -0.25) is 39.2 Å². The van der Waals surface area contributed by atoms with Crippen LogP contribution in [0.5, 0.6) is 28.7 Å². The van der Waals surface area contributed by atoms with Crippen molar-refractivity contribution in [3.8, 4) is 28.7 Å². The lowest BCUT2D eigenvalue weighted by Gasteiger charge is -2.49. The van der Waals surface area contributed by atoms with Crippen molar-refractivity contribution < 1.29 is 63.1 Å². The van der Waals surface area contributed by atoms with E-state index in [4.69, 9.17) is 18.9 Å². The Labute approximate surface area is 767 Å². The molecular weight excluding hydrogens is 1660 g/mol. The van der Waals surface area contributed by atoms with Crippen LogP contribution in [-0.4, -0.2) is 219 Å². The molecule has 0 saturated carbocycles. The van der Waals surface area contributed by atoms with Crippen molar-refractivity contribution in [2.75, 3.05) is 118 Å². The number of fused-ring (bicyclic) bond motifs is 5. The van der Waals surface area contributed by atoms with E-state index >= 15 is 0 Å². The number of nitrogens with one attached hydrogen (secondary N) is 1. The monoisotopic (exact) mass is 1770 g/mol. The van der Waals surface area contributed by atoms with E-state index in [0.29, 0.717) is 79.7 Å². The summed E-state index contributed by atoms with van der Waals surface area (Å²) in [4.78, 5) is 65.1. The number of amides is 3. The number of aromatic hydroxyl groups is 1. The highest BCUT2D eigenvalue weighted by Crippen LogP contribution is 2.34. The van der Waals surface area contributed by atoms with Crippen LogP contribution < -0.4 is 29.0 Å². The van der Waals surface area contributed by atoms with Crippen LogP contribution in [0.4, 0.5) is 0 Å². The molecule has 0 radical (unpaired) electrons. The molecule has 24 nitrogen and oxygen atoms in total. The maximum absolute atomic E-state index is 13.6. The summed E-state index contributed by atoms with van der Waals surface area (Å²) in [6.45, 7) is 7.96. The number of aromatic nitrogens is 5. The number of aliphatic hydroxyl groups excluding tert-OH is 3. The van der Waals surface area contributed by atoms with Crippen molar-refractivity contribution in [1.82, 2.24) is 44.9 Å². The Kier molecular flexibility index (Phi) is 32.2. The number of carbonyl (C=O) groups excluding carboxylic acids is 3. The second-order valence-electron chi connectivity index (χ2n) is 32.5. The Morgan fingerprint density at radius 3 is 1.05 bits per heavy atom. The van der Waals surface area contributed by atoms with E-state index in [1.54, 1.807) is 66.1 Å². The number of hydrogen-bond donors (Lipinski definition) is 5. The summed E-state index contributed by atoms with van der Waals surface area (Å²) >= 11 is 0. The van der Waals surface area contributed by atoms with E-state index in [-0.39, 0.29) is 81.4 Å². The summed E-state index contributed by atoms with van der Waals surface area (Å²) in [5, 5.41) is 73.7. The van der Waals surface area contributed by atoms with Gasteiger partial charge in [0.25, 0.3) is 0 Å². The summed E-state index contributed by atoms with van der Waals surface area (Å²) in [6, 6.07) is 106. The van der Waals surface area contributed by atoms with Crippen molar-refractivity contribution in [2.24, 2.45) is 0 Å². The lowest BCUT2D eigenvalue weighted by molar-refractivity contribution is -0.887. The summed E-state index contributed by atoms with van der Waals surface area (Å²) in [5.74, 6) is 2.24. The molecule has 2 unspecified atom stereocenters. The third kappa shape index (κ3) is 24.5. The van der Waals surface area contributed by atoms with Gasteiger partial charge in [-0.05, 0) is 143 Å². The number of benzene rings is 11. The molecule has 0 bridgehead atoms. The Bertz CT molecular complexity index is 6140. The number of hydrogen-bond acceptors (Lipinski definition) is 19. The third-order valence-corrected chi connectivity index (χ3v) is 23.5. The van der Waals surface area contributed by atoms with Crippen LogP contribution in [0.15, 0.2) is 365 Å². The number of carbonyl (C=O) groups is 3. The molecule has 3 saturated heterocycles. The van der Waals surface area contributed by atoms with Crippen molar-refractivity contribution >= 4 is 72.2 Å². The van der Waals surface area contributed by atoms with E-state index in [2.05, 4.69) is 30.2 Å². The summed E-state index contributed by atoms with van der Waals surface area (Å²) in [5.41, 5.74) is 9.86. The van der Waals surface area contributed by atoms with Crippen molar-refractivity contribution in [1.29, 1.82) is 0 Å². The predicted octanol–water partition coefficient (Wildman–Crippen LogP) is 14.9. The van der Waals surface area contributed by atoms with E-state index < -0.39 is 28.9 Å². The van der Waals surface area contributed by atoms with Gasteiger partial charge < -0.3 is 74.5 Å². The standard InChI is InChI=1S/2C30H31N3O4.C21H18N2O3.C18H20N2O.C9H7NO/c34-25(22-37-28-15-7-14-27-26(28)13-8-16-33(27)36)21-31-17-19-32(20-18-31)30(35)29(23-9-3-1-4-10-23)24-11-5-2-6-12-24;34-25(22-37-28-15-7-14-27-26(28)13-8-16-31-27)21-33(36)19-17-32(18-20-33)30(35)29(23-9-3-1-4-10-23)24-11-5-2-6-12-24;24-15(13-25-20-9-1-7-18-16(20)5-3-11-22-18)14-26-21-10-2-8-19-17(21)6-4-12-23-19;21-18(20-13-11-19-12-14-20)17(15-7-3-1-4-8-15)16-9-5-2-6-10-16;11-9-5-1-4-8-7(9)3-2-6-10-8/h2*1-16,25,29,34H,17-22H2;1-12,15,24H,13-14H2;1-10,17,19H,11-14H2;1-6,11H. The molecule has 5 N–H and O–H groups in total. The first-order valence-electron chi connectivity index (χ1n) is 44.5. The molecule has 0 spiro atoms. The maximum Gasteiger partial charge on any atom is 0.234 e. The first-order valence-corrected chi connectivity index (χ1v) is 44.5. The van der Waals surface area contributed by atoms with E-state index in [0.717, 1.165) is 108 Å². The van der Waals surface area contributed by atoms with Gasteiger partial charge in [-0.2, -0.15) is 4.73 Å². The predicted molar refractivity (Wildman–Crippen MR) is 513 cm³/mol. The van der Waals surface area contributed by atoms with Gasteiger partial charge in [-0.15, -0.1) is 0 Å². The molecule has 24 heteroatoms. The largest absolute Gasteiger partial charge is 0.633 e. The lowest BCUT2D eigenvalue weighted by Crippen LogP contribution is -2.60. The smallest absolute Gasteiger partial charge is 0.234 e. The zero-order valence-corrected chi connectivity index (χ0v) is 73.3. The molecule has 0 aliphatic carbocycles. The molecule has 672 valence electrons. The van der Waals surface area contributed by atoms with Gasteiger partial charge in [0.2, 0.25) is 23.2 Å².